The molecule has 0 saturated carbocycles. The van der Waals surface area contributed by atoms with Gasteiger partial charge in [-0.1, -0.05) is 37.3 Å². The average Bonchev–Trinajstić information content (AvgIpc) is 2.40. The molecule has 3 heteroatoms. The molecule has 0 aliphatic carbocycles. The highest BCUT2D eigenvalue weighted by Gasteiger charge is 2.22. The maximum absolute atomic E-state index is 10.7. The lowest BCUT2D eigenvalue weighted by Gasteiger charge is -2.33. The molecule has 1 heterocycles. The van der Waals surface area contributed by atoms with Gasteiger partial charge < -0.3 is 9.53 Å². The lowest BCUT2D eigenvalue weighted by Crippen LogP contribution is -2.42. The molecule has 2 unspecified atom stereocenters. The number of aldehydes is 1. The van der Waals surface area contributed by atoms with Gasteiger partial charge in [0.2, 0.25) is 0 Å². The molecule has 1 aromatic carbocycles. The summed E-state index contributed by atoms with van der Waals surface area (Å²) in [6, 6.07) is 10.5. The number of morpholine rings is 1. The van der Waals surface area contributed by atoms with Crippen molar-refractivity contribution in [1.82, 2.24) is 4.90 Å². The van der Waals surface area contributed by atoms with E-state index in [1.165, 1.54) is 5.56 Å². The first kappa shape index (κ1) is 13.2. The number of nitrogens with zero attached hydrogens (tertiary/aromatic N) is 1. The Morgan fingerprint density at radius 2 is 2.22 bits per heavy atom. The van der Waals surface area contributed by atoms with Gasteiger partial charge in [-0.25, -0.2) is 0 Å². The van der Waals surface area contributed by atoms with Crippen molar-refractivity contribution in [2.45, 2.75) is 26.0 Å². The SMILES string of the molecule is CC(C=O)CC1CN(Cc2ccccc2)CCO1. The molecule has 0 aromatic heterocycles. The molecule has 18 heavy (non-hydrogen) atoms. The highest BCUT2D eigenvalue weighted by atomic mass is 16.5. The van der Waals surface area contributed by atoms with Crippen LogP contribution < -0.4 is 0 Å². The molecular formula is C15H21NO2. The summed E-state index contributed by atoms with van der Waals surface area (Å²) in [7, 11) is 0. The van der Waals surface area contributed by atoms with E-state index in [0.717, 1.165) is 38.9 Å². The normalized spacial score (nSPS) is 22.6. The molecule has 0 spiro atoms. The third-order valence-corrected chi connectivity index (χ3v) is 3.34. The van der Waals surface area contributed by atoms with E-state index < -0.39 is 0 Å². The van der Waals surface area contributed by atoms with Crippen molar-refractivity contribution in [3.05, 3.63) is 35.9 Å². The second-order valence-corrected chi connectivity index (χ2v) is 5.06. The van der Waals surface area contributed by atoms with Gasteiger partial charge in [0.25, 0.3) is 0 Å². The fraction of sp³-hybridized carbons (Fsp3) is 0.533. The van der Waals surface area contributed by atoms with Crippen molar-refractivity contribution in [1.29, 1.82) is 0 Å². The number of hydrogen-bond donors (Lipinski definition) is 0. The molecule has 2 atom stereocenters. The van der Waals surface area contributed by atoms with Crippen LogP contribution in [0, 0.1) is 5.92 Å². The van der Waals surface area contributed by atoms with Crippen LogP contribution in [-0.2, 0) is 16.1 Å². The molecule has 98 valence electrons. The van der Waals surface area contributed by atoms with E-state index in [0.29, 0.717) is 0 Å². The van der Waals surface area contributed by atoms with E-state index in [4.69, 9.17) is 4.74 Å². The van der Waals surface area contributed by atoms with E-state index in [9.17, 15) is 4.79 Å². The van der Waals surface area contributed by atoms with E-state index in [1.807, 2.05) is 13.0 Å². The van der Waals surface area contributed by atoms with E-state index in [1.54, 1.807) is 0 Å². The number of carbonyl (C=O) groups excluding carboxylic acids is 1. The molecule has 0 radical (unpaired) electrons. The van der Waals surface area contributed by atoms with Gasteiger partial charge in [-0.2, -0.15) is 0 Å². The first-order valence-electron chi connectivity index (χ1n) is 6.61. The summed E-state index contributed by atoms with van der Waals surface area (Å²) in [5.41, 5.74) is 1.33. The summed E-state index contributed by atoms with van der Waals surface area (Å²) < 4.78 is 5.72. The van der Waals surface area contributed by atoms with Crippen LogP contribution in [0.15, 0.2) is 30.3 Å². The minimum absolute atomic E-state index is 0.0895. The molecule has 0 N–H and O–H groups in total. The summed E-state index contributed by atoms with van der Waals surface area (Å²) in [5.74, 6) is 0.0895. The zero-order chi connectivity index (χ0) is 12.8. The predicted molar refractivity (Wildman–Crippen MR) is 71.3 cm³/mol. The zero-order valence-electron chi connectivity index (χ0n) is 10.9. The third kappa shape index (κ3) is 3.93. The Morgan fingerprint density at radius 3 is 2.94 bits per heavy atom. The summed E-state index contributed by atoms with van der Waals surface area (Å²) >= 11 is 0. The number of rotatable bonds is 5. The number of carbonyl (C=O) groups is 1. The van der Waals surface area contributed by atoms with Gasteiger partial charge in [0.05, 0.1) is 12.7 Å². The van der Waals surface area contributed by atoms with Crippen molar-refractivity contribution in [3.8, 4) is 0 Å². The van der Waals surface area contributed by atoms with Crippen LogP contribution in [0.3, 0.4) is 0 Å². The van der Waals surface area contributed by atoms with Crippen molar-refractivity contribution in [3.63, 3.8) is 0 Å². The van der Waals surface area contributed by atoms with Gasteiger partial charge in [-0.05, 0) is 12.0 Å². The number of ether oxygens (including phenoxy) is 1. The molecule has 2 rings (SSSR count). The second-order valence-electron chi connectivity index (χ2n) is 5.06. The van der Waals surface area contributed by atoms with Gasteiger partial charge >= 0.3 is 0 Å². The predicted octanol–water partition coefficient (Wildman–Crippen LogP) is 2.11. The molecule has 0 amide bonds. The van der Waals surface area contributed by atoms with Crippen molar-refractivity contribution in [2.75, 3.05) is 19.7 Å². The molecule has 1 saturated heterocycles. The molecule has 1 aromatic rings. The summed E-state index contributed by atoms with van der Waals surface area (Å²) in [4.78, 5) is 13.1. The quantitative estimate of drug-likeness (QED) is 0.746. The van der Waals surface area contributed by atoms with Gasteiger partial charge in [0.1, 0.15) is 6.29 Å². The van der Waals surface area contributed by atoms with E-state index in [-0.39, 0.29) is 12.0 Å². The smallest absolute Gasteiger partial charge is 0.122 e. The minimum Gasteiger partial charge on any atom is -0.376 e. The molecule has 1 aliphatic heterocycles. The number of benzene rings is 1. The molecule has 1 fully saturated rings. The fourth-order valence-corrected chi connectivity index (χ4v) is 2.38. The van der Waals surface area contributed by atoms with E-state index >= 15 is 0 Å². The Labute approximate surface area is 109 Å². The first-order valence-corrected chi connectivity index (χ1v) is 6.61. The van der Waals surface area contributed by atoms with Crippen LogP contribution >= 0.6 is 0 Å². The van der Waals surface area contributed by atoms with Gasteiger partial charge in [0.15, 0.2) is 0 Å². The van der Waals surface area contributed by atoms with Crippen LogP contribution in [0.25, 0.3) is 0 Å². The Balaban J connectivity index is 1.85. The Morgan fingerprint density at radius 1 is 1.44 bits per heavy atom. The molecule has 1 aliphatic rings. The molecule has 0 bridgehead atoms. The third-order valence-electron chi connectivity index (χ3n) is 3.34. The van der Waals surface area contributed by atoms with Crippen LogP contribution in [0.2, 0.25) is 0 Å². The van der Waals surface area contributed by atoms with Gasteiger partial charge in [-0.15, -0.1) is 0 Å². The maximum Gasteiger partial charge on any atom is 0.122 e. The van der Waals surface area contributed by atoms with Crippen molar-refractivity contribution < 1.29 is 9.53 Å². The fourth-order valence-electron chi connectivity index (χ4n) is 2.38. The first-order chi connectivity index (χ1) is 8.78. The van der Waals surface area contributed by atoms with Crippen LogP contribution in [-0.4, -0.2) is 37.0 Å². The lowest BCUT2D eigenvalue weighted by atomic mass is 10.0. The maximum atomic E-state index is 10.7. The van der Waals surface area contributed by atoms with Gasteiger partial charge in [0, 0.05) is 25.6 Å². The minimum atomic E-state index is 0.0895. The van der Waals surface area contributed by atoms with Crippen LogP contribution in [0.1, 0.15) is 18.9 Å². The molecule has 3 nitrogen and oxygen atoms in total. The average molecular weight is 247 g/mol. The largest absolute Gasteiger partial charge is 0.376 e. The summed E-state index contributed by atoms with van der Waals surface area (Å²) in [5, 5.41) is 0. The Hall–Kier alpha value is -1.19. The van der Waals surface area contributed by atoms with Crippen molar-refractivity contribution >= 4 is 6.29 Å². The standard InChI is InChI=1S/C15H21NO2/c1-13(12-17)9-15-11-16(7-8-18-15)10-14-5-3-2-4-6-14/h2-6,12-13,15H,7-11H2,1H3. The Kier molecular flexibility index (Phi) is 4.90. The summed E-state index contributed by atoms with van der Waals surface area (Å²) in [6.45, 7) is 5.58. The van der Waals surface area contributed by atoms with Crippen LogP contribution in [0.4, 0.5) is 0 Å². The highest BCUT2D eigenvalue weighted by Crippen LogP contribution is 2.15. The van der Waals surface area contributed by atoms with Crippen LogP contribution in [0.5, 0.6) is 0 Å². The van der Waals surface area contributed by atoms with Gasteiger partial charge in [-0.3, -0.25) is 4.90 Å². The topological polar surface area (TPSA) is 29.5 Å². The van der Waals surface area contributed by atoms with Crippen molar-refractivity contribution in [2.24, 2.45) is 5.92 Å². The number of hydrogen-bond acceptors (Lipinski definition) is 3. The summed E-state index contributed by atoms with van der Waals surface area (Å²) in [6.07, 6.45) is 2.04. The van der Waals surface area contributed by atoms with E-state index in [2.05, 4.69) is 29.2 Å². The zero-order valence-corrected chi connectivity index (χ0v) is 10.9. The molecular weight excluding hydrogens is 226 g/mol. The second kappa shape index (κ2) is 6.66. The highest BCUT2D eigenvalue weighted by molar-refractivity contribution is 5.52. The Bertz CT molecular complexity index is 366. The lowest BCUT2D eigenvalue weighted by molar-refractivity contribution is -0.112. The monoisotopic (exact) mass is 247 g/mol.